The maximum absolute atomic E-state index is 4.87. The van der Waals surface area contributed by atoms with Crippen LogP contribution in [0.1, 0.15) is 0 Å². The monoisotopic (exact) mass is 590 g/mol. The van der Waals surface area contributed by atoms with Gasteiger partial charge in [0.25, 0.3) is 0 Å². The summed E-state index contributed by atoms with van der Waals surface area (Å²) >= 11 is 4.08. The van der Waals surface area contributed by atoms with Gasteiger partial charge in [-0.1, -0.05) is 60.7 Å². The van der Waals surface area contributed by atoms with Crippen LogP contribution in [0, 0.1) is 3.57 Å². The maximum atomic E-state index is 4.87. The van der Waals surface area contributed by atoms with Gasteiger partial charge in [0.2, 0.25) is 0 Å². The number of benzene rings is 4. The molecule has 0 aliphatic carbocycles. The minimum atomic E-state index is 0.985. The van der Waals surface area contributed by atoms with E-state index in [1.54, 1.807) is 11.3 Å². The quantitative estimate of drug-likeness (QED) is 0.192. The zero-order chi connectivity index (χ0) is 24.1. The Labute approximate surface area is 226 Å². The van der Waals surface area contributed by atoms with E-state index in [0.29, 0.717) is 0 Å². The second-order valence-corrected chi connectivity index (χ2v) is 11.1. The molecule has 0 aliphatic heterocycles. The van der Waals surface area contributed by atoms with Crippen molar-refractivity contribution in [1.29, 1.82) is 0 Å². The molecular formula is C32H19IN2S. The highest BCUT2D eigenvalue weighted by Gasteiger charge is 2.12. The van der Waals surface area contributed by atoms with Crippen molar-refractivity contribution >= 4 is 65.0 Å². The Morgan fingerprint density at radius 1 is 0.583 bits per heavy atom. The molecule has 0 spiro atoms. The predicted molar refractivity (Wildman–Crippen MR) is 161 cm³/mol. The van der Waals surface area contributed by atoms with Crippen molar-refractivity contribution in [2.75, 3.05) is 0 Å². The summed E-state index contributed by atoms with van der Waals surface area (Å²) in [6, 6.07) is 36.9. The summed E-state index contributed by atoms with van der Waals surface area (Å²) in [5.41, 5.74) is 6.91. The first-order valence-electron chi connectivity index (χ1n) is 11.8. The molecule has 170 valence electrons. The fraction of sp³-hybridized carbons (Fsp3) is 0. The summed E-state index contributed by atoms with van der Waals surface area (Å²) in [7, 11) is 0. The van der Waals surface area contributed by atoms with Gasteiger partial charge in [0.1, 0.15) is 4.83 Å². The van der Waals surface area contributed by atoms with Crippen molar-refractivity contribution in [3.63, 3.8) is 0 Å². The summed E-state index contributed by atoms with van der Waals surface area (Å²) < 4.78 is 2.49. The van der Waals surface area contributed by atoms with Gasteiger partial charge in [0, 0.05) is 42.6 Å². The first kappa shape index (κ1) is 21.7. The summed E-state index contributed by atoms with van der Waals surface area (Å²) in [5, 5.41) is 4.92. The Balaban J connectivity index is 1.23. The van der Waals surface area contributed by atoms with Crippen LogP contribution in [0.4, 0.5) is 0 Å². The second kappa shape index (κ2) is 8.80. The molecule has 0 fully saturated rings. The number of thiophene rings is 1. The van der Waals surface area contributed by atoms with E-state index in [4.69, 9.17) is 4.98 Å². The number of fused-ring (bicyclic) bond motifs is 4. The van der Waals surface area contributed by atoms with E-state index in [2.05, 4.69) is 125 Å². The lowest BCUT2D eigenvalue weighted by molar-refractivity contribution is 1.33. The lowest BCUT2D eigenvalue weighted by atomic mass is 9.98. The van der Waals surface area contributed by atoms with Gasteiger partial charge in [0.15, 0.2) is 0 Å². The Morgan fingerprint density at radius 3 is 2.03 bits per heavy atom. The van der Waals surface area contributed by atoms with Crippen LogP contribution < -0.4 is 0 Å². The van der Waals surface area contributed by atoms with Crippen molar-refractivity contribution in [2.45, 2.75) is 0 Å². The second-order valence-electron chi connectivity index (χ2n) is 8.86. The molecule has 0 saturated heterocycles. The van der Waals surface area contributed by atoms with Gasteiger partial charge in [-0.05, 0) is 92.5 Å². The number of halogens is 1. The van der Waals surface area contributed by atoms with Crippen molar-refractivity contribution < 1.29 is 0 Å². The summed E-state index contributed by atoms with van der Waals surface area (Å²) in [6.07, 6.45) is 3.85. The molecule has 0 unspecified atom stereocenters. The largest absolute Gasteiger partial charge is 0.256 e. The molecule has 0 saturated carbocycles. The Kier molecular flexibility index (Phi) is 5.29. The standard InChI is InChI=1S/C32H19IN2S/c33-26-13-10-20(11-14-26)21-6-7-23-18-24(9-8-22(23)17-21)25-12-15-30(35-19-25)29-4-1-3-27-28-5-2-16-34-32(28)36-31(27)29/h1-19H. The molecule has 0 radical (unpaired) electrons. The van der Waals surface area contributed by atoms with E-state index < -0.39 is 0 Å². The average Bonchev–Trinajstić information content (AvgIpc) is 3.32. The minimum Gasteiger partial charge on any atom is -0.256 e. The fourth-order valence-electron chi connectivity index (χ4n) is 4.81. The maximum Gasteiger partial charge on any atom is 0.124 e. The van der Waals surface area contributed by atoms with Crippen molar-refractivity contribution in [2.24, 2.45) is 0 Å². The molecule has 4 aromatic carbocycles. The Morgan fingerprint density at radius 2 is 1.28 bits per heavy atom. The molecule has 0 atom stereocenters. The molecule has 0 amide bonds. The molecule has 3 aromatic heterocycles. The normalized spacial score (nSPS) is 11.5. The number of hydrogen-bond donors (Lipinski definition) is 0. The van der Waals surface area contributed by atoms with Crippen LogP contribution in [0.5, 0.6) is 0 Å². The minimum absolute atomic E-state index is 0.985. The summed E-state index contributed by atoms with van der Waals surface area (Å²) in [5.74, 6) is 0. The lowest BCUT2D eigenvalue weighted by Gasteiger charge is -2.08. The smallest absolute Gasteiger partial charge is 0.124 e. The molecule has 3 heterocycles. The summed E-state index contributed by atoms with van der Waals surface area (Å²) in [6.45, 7) is 0. The van der Waals surface area contributed by atoms with Crippen LogP contribution in [-0.2, 0) is 0 Å². The Bertz CT molecular complexity index is 1890. The Hall–Kier alpha value is -3.61. The van der Waals surface area contributed by atoms with Crippen molar-refractivity contribution in [3.8, 4) is 33.5 Å². The van der Waals surface area contributed by atoms with Gasteiger partial charge in [-0.15, -0.1) is 11.3 Å². The number of rotatable bonds is 3. The van der Waals surface area contributed by atoms with E-state index in [0.717, 1.165) is 21.7 Å². The number of nitrogens with zero attached hydrogens (tertiary/aromatic N) is 2. The third-order valence-electron chi connectivity index (χ3n) is 6.67. The van der Waals surface area contributed by atoms with Crippen LogP contribution in [0.25, 0.3) is 64.6 Å². The van der Waals surface area contributed by atoms with Gasteiger partial charge in [-0.3, -0.25) is 4.98 Å². The zero-order valence-electron chi connectivity index (χ0n) is 19.2. The molecule has 0 bridgehead atoms. The SMILES string of the molecule is Ic1ccc(-c2ccc3cc(-c4ccc(-c5cccc6c5sc5ncccc56)nc4)ccc3c2)cc1. The van der Waals surface area contributed by atoms with Gasteiger partial charge < -0.3 is 0 Å². The zero-order valence-corrected chi connectivity index (χ0v) is 22.1. The van der Waals surface area contributed by atoms with Crippen LogP contribution in [0.15, 0.2) is 116 Å². The van der Waals surface area contributed by atoms with E-state index in [9.17, 15) is 0 Å². The molecule has 36 heavy (non-hydrogen) atoms. The summed E-state index contributed by atoms with van der Waals surface area (Å²) in [4.78, 5) is 10.5. The van der Waals surface area contributed by atoms with E-state index >= 15 is 0 Å². The highest BCUT2D eigenvalue weighted by Crippen LogP contribution is 2.38. The molecular weight excluding hydrogens is 571 g/mol. The predicted octanol–water partition coefficient (Wildman–Crippen LogP) is 9.60. The number of pyridine rings is 2. The van der Waals surface area contributed by atoms with Crippen molar-refractivity contribution in [1.82, 2.24) is 9.97 Å². The molecule has 4 heteroatoms. The topological polar surface area (TPSA) is 25.8 Å². The van der Waals surface area contributed by atoms with E-state index in [1.807, 2.05) is 18.5 Å². The van der Waals surface area contributed by atoms with Gasteiger partial charge in [0.05, 0.1) is 5.69 Å². The van der Waals surface area contributed by atoms with E-state index in [1.165, 1.54) is 46.5 Å². The first-order chi connectivity index (χ1) is 17.7. The average molecular weight is 590 g/mol. The van der Waals surface area contributed by atoms with Gasteiger partial charge in [-0.2, -0.15) is 0 Å². The molecule has 0 N–H and O–H groups in total. The fourth-order valence-corrected chi connectivity index (χ4v) is 6.33. The highest BCUT2D eigenvalue weighted by molar-refractivity contribution is 14.1. The first-order valence-corrected chi connectivity index (χ1v) is 13.7. The molecule has 2 nitrogen and oxygen atoms in total. The number of hydrogen-bond acceptors (Lipinski definition) is 3. The number of aromatic nitrogens is 2. The lowest BCUT2D eigenvalue weighted by Crippen LogP contribution is -1.86. The third-order valence-corrected chi connectivity index (χ3v) is 8.55. The highest BCUT2D eigenvalue weighted by atomic mass is 127. The van der Waals surface area contributed by atoms with Crippen LogP contribution in [0.3, 0.4) is 0 Å². The van der Waals surface area contributed by atoms with Crippen LogP contribution >= 0.6 is 33.9 Å². The van der Waals surface area contributed by atoms with Gasteiger partial charge in [-0.25, -0.2) is 4.98 Å². The third kappa shape index (κ3) is 3.77. The molecule has 7 aromatic rings. The van der Waals surface area contributed by atoms with Crippen molar-refractivity contribution in [3.05, 3.63) is 119 Å². The molecule has 0 aliphatic rings. The van der Waals surface area contributed by atoms with Crippen LogP contribution in [0.2, 0.25) is 0 Å². The molecule has 7 rings (SSSR count). The van der Waals surface area contributed by atoms with Gasteiger partial charge >= 0.3 is 0 Å². The van der Waals surface area contributed by atoms with Crippen LogP contribution in [-0.4, -0.2) is 9.97 Å². The van der Waals surface area contributed by atoms with E-state index in [-0.39, 0.29) is 0 Å².